The molecule has 2 aliphatic rings. The zero-order chi connectivity index (χ0) is 6.97. The van der Waals surface area contributed by atoms with E-state index in [-0.39, 0.29) is 6.10 Å². The summed E-state index contributed by atoms with van der Waals surface area (Å²) in [5.41, 5.74) is 1.36. The van der Waals surface area contributed by atoms with Crippen LogP contribution in [0.1, 0.15) is 19.3 Å². The summed E-state index contributed by atoms with van der Waals surface area (Å²) in [6.45, 7) is 0. The molecule has 0 amide bonds. The zero-order valence-corrected chi connectivity index (χ0v) is 5.96. The van der Waals surface area contributed by atoms with Crippen LogP contribution in [0.3, 0.4) is 0 Å². The monoisotopic (exact) mass is 136 g/mol. The average Bonchev–Trinajstić information content (AvgIpc) is 2.36. The van der Waals surface area contributed by atoms with Crippen LogP contribution < -0.4 is 0 Å². The number of rotatable bonds is 0. The lowest BCUT2D eigenvalue weighted by molar-refractivity contribution is 0.125. The molecule has 0 aromatic heterocycles. The van der Waals surface area contributed by atoms with Crippen LogP contribution in [0.25, 0.3) is 0 Å². The van der Waals surface area contributed by atoms with Gasteiger partial charge in [0.2, 0.25) is 0 Å². The maximum atomic E-state index is 9.49. The molecule has 0 fully saturated rings. The standard InChI is InChI=1S/C9H12O/c10-9-6-2-4-7-3-1-5-8(7)9/h2-4,8-10H,1,5-6H2. The molecule has 0 heterocycles. The van der Waals surface area contributed by atoms with Gasteiger partial charge in [-0.15, -0.1) is 0 Å². The van der Waals surface area contributed by atoms with Gasteiger partial charge in [0.15, 0.2) is 0 Å². The molecule has 0 aliphatic heterocycles. The van der Waals surface area contributed by atoms with Crippen LogP contribution in [0.4, 0.5) is 0 Å². The topological polar surface area (TPSA) is 20.2 Å². The Hall–Kier alpha value is -0.560. The summed E-state index contributed by atoms with van der Waals surface area (Å²) in [4.78, 5) is 0. The molecular formula is C9H12O. The Labute approximate surface area is 61.1 Å². The fourth-order valence-electron chi connectivity index (χ4n) is 1.86. The van der Waals surface area contributed by atoms with E-state index in [2.05, 4.69) is 18.2 Å². The first-order chi connectivity index (χ1) is 4.88. The molecule has 2 rings (SSSR count). The predicted octanol–water partition coefficient (Wildman–Crippen LogP) is 1.64. The highest BCUT2D eigenvalue weighted by molar-refractivity contribution is 5.29. The van der Waals surface area contributed by atoms with Crippen molar-refractivity contribution in [3.05, 3.63) is 23.8 Å². The third kappa shape index (κ3) is 0.816. The lowest BCUT2D eigenvalue weighted by Crippen LogP contribution is -2.21. The third-order valence-corrected chi connectivity index (χ3v) is 2.44. The van der Waals surface area contributed by atoms with Gasteiger partial charge in [-0.05, 0) is 24.8 Å². The fourth-order valence-corrected chi connectivity index (χ4v) is 1.86. The largest absolute Gasteiger partial charge is 0.392 e. The van der Waals surface area contributed by atoms with Gasteiger partial charge in [0.05, 0.1) is 6.10 Å². The van der Waals surface area contributed by atoms with Crippen LogP contribution in [0.2, 0.25) is 0 Å². The molecule has 0 radical (unpaired) electrons. The number of hydrogen-bond donors (Lipinski definition) is 1. The Morgan fingerprint density at radius 3 is 3.20 bits per heavy atom. The second kappa shape index (κ2) is 2.24. The molecular weight excluding hydrogens is 124 g/mol. The zero-order valence-electron chi connectivity index (χ0n) is 5.96. The van der Waals surface area contributed by atoms with Crippen molar-refractivity contribution in [2.24, 2.45) is 5.92 Å². The molecule has 0 spiro atoms. The number of allylic oxidation sites excluding steroid dienone is 2. The summed E-state index contributed by atoms with van der Waals surface area (Å²) in [6, 6.07) is 0. The Balaban J connectivity index is 2.26. The van der Waals surface area contributed by atoms with E-state index >= 15 is 0 Å². The maximum Gasteiger partial charge on any atom is 0.0643 e. The molecule has 0 saturated heterocycles. The summed E-state index contributed by atoms with van der Waals surface area (Å²) >= 11 is 0. The van der Waals surface area contributed by atoms with Gasteiger partial charge in [0, 0.05) is 5.92 Å². The van der Waals surface area contributed by atoms with Gasteiger partial charge in [-0.1, -0.05) is 18.2 Å². The number of hydrogen-bond acceptors (Lipinski definition) is 1. The smallest absolute Gasteiger partial charge is 0.0643 e. The summed E-state index contributed by atoms with van der Waals surface area (Å²) < 4.78 is 0. The van der Waals surface area contributed by atoms with Crippen molar-refractivity contribution >= 4 is 0 Å². The lowest BCUT2D eigenvalue weighted by atomic mass is 9.88. The van der Waals surface area contributed by atoms with Crippen LogP contribution in [0.15, 0.2) is 23.8 Å². The van der Waals surface area contributed by atoms with E-state index in [0.717, 1.165) is 19.3 Å². The van der Waals surface area contributed by atoms with E-state index in [1.54, 1.807) is 0 Å². The van der Waals surface area contributed by atoms with Crippen LogP contribution in [-0.2, 0) is 0 Å². The number of aliphatic hydroxyl groups is 1. The van der Waals surface area contributed by atoms with E-state index in [1.165, 1.54) is 5.57 Å². The summed E-state index contributed by atoms with van der Waals surface area (Å²) in [6.07, 6.45) is 9.52. The lowest BCUT2D eigenvalue weighted by Gasteiger charge is -2.22. The summed E-state index contributed by atoms with van der Waals surface area (Å²) in [5.74, 6) is 0.463. The quantitative estimate of drug-likeness (QED) is 0.536. The minimum atomic E-state index is -0.0984. The molecule has 54 valence electrons. The van der Waals surface area contributed by atoms with Crippen LogP contribution in [-0.4, -0.2) is 11.2 Å². The SMILES string of the molecule is OC1CC=CC2=CCCC21. The van der Waals surface area contributed by atoms with E-state index < -0.39 is 0 Å². The Kier molecular flexibility index (Phi) is 1.38. The molecule has 0 aromatic rings. The van der Waals surface area contributed by atoms with Gasteiger partial charge in [-0.2, -0.15) is 0 Å². The normalized spacial score (nSPS) is 37.5. The predicted molar refractivity (Wildman–Crippen MR) is 40.6 cm³/mol. The van der Waals surface area contributed by atoms with Crippen LogP contribution in [0.5, 0.6) is 0 Å². The van der Waals surface area contributed by atoms with Gasteiger partial charge in [0.1, 0.15) is 0 Å². The molecule has 2 aliphatic carbocycles. The van der Waals surface area contributed by atoms with Gasteiger partial charge < -0.3 is 5.11 Å². The number of aliphatic hydroxyl groups excluding tert-OH is 1. The minimum Gasteiger partial charge on any atom is -0.392 e. The molecule has 2 unspecified atom stereocenters. The van der Waals surface area contributed by atoms with Gasteiger partial charge >= 0.3 is 0 Å². The highest BCUT2D eigenvalue weighted by atomic mass is 16.3. The van der Waals surface area contributed by atoms with Crippen LogP contribution in [0, 0.1) is 5.92 Å². The first kappa shape index (κ1) is 6.17. The molecule has 1 N–H and O–H groups in total. The minimum absolute atomic E-state index is 0.0984. The van der Waals surface area contributed by atoms with Crippen molar-refractivity contribution in [2.75, 3.05) is 0 Å². The third-order valence-electron chi connectivity index (χ3n) is 2.44. The summed E-state index contributed by atoms with van der Waals surface area (Å²) in [7, 11) is 0. The van der Waals surface area contributed by atoms with Gasteiger partial charge in [-0.3, -0.25) is 0 Å². The van der Waals surface area contributed by atoms with Crippen molar-refractivity contribution in [3.63, 3.8) is 0 Å². The van der Waals surface area contributed by atoms with E-state index in [1.807, 2.05) is 0 Å². The van der Waals surface area contributed by atoms with Crippen molar-refractivity contribution in [1.82, 2.24) is 0 Å². The molecule has 1 heteroatoms. The fraction of sp³-hybridized carbons (Fsp3) is 0.556. The highest BCUT2D eigenvalue weighted by Gasteiger charge is 2.26. The molecule has 2 atom stereocenters. The summed E-state index contributed by atoms with van der Waals surface area (Å²) in [5, 5.41) is 9.49. The van der Waals surface area contributed by atoms with Crippen molar-refractivity contribution in [2.45, 2.75) is 25.4 Å². The first-order valence-electron chi connectivity index (χ1n) is 3.92. The second-order valence-corrected chi connectivity index (χ2v) is 3.09. The van der Waals surface area contributed by atoms with E-state index in [0.29, 0.717) is 5.92 Å². The molecule has 0 bridgehead atoms. The van der Waals surface area contributed by atoms with E-state index in [4.69, 9.17) is 0 Å². The molecule has 0 aromatic carbocycles. The van der Waals surface area contributed by atoms with Crippen molar-refractivity contribution in [3.8, 4) is 0 Å². The molecule has 1 nitrogen and oxygen atoms in total. The Morgan fingerprint density at radius 2 is 2.40 bits per heavy atom. The Morgan fingerprint density at radius 1 is 1.50 bits per heavy atom. The van der Waals surface area contributed by atoms with E-state index in [9.17, 15) is 5.11 Å². The number of fused-ring (bicyclic) bond motifs is 1. The maximum absolute atomic E-state index is 9.49. The second-order valence-electron chi connectivity index (χ2n) is 3.09. The van der Waals surface area contributed by atoms with Crippen LogP contribution >= 0.6 is 0 Å². The van der Waals surface area contributed by atoms with Crippen molar-refractivity contribution in [1.29, 1.82) is 0 Å². The first-order valence-corrected chi connectivity index (χ1v) is 3.92. The molecule has 0 saturated carbocycles. The average molecular weight is 136 g/mol. The van der Waals surface area contributed by atoms with Gasteiger partial charge in [0.25, 0.3) is 0 Å². The van der Waals surface area contributed by atoms with Crippen molar-refractivity contribution < 1.29 is 5.11 Å². The van der Waals surface area contributed by atoms with Gasteiger partial charge in [-0.25, -0.2) is 0 Å². The Bertz CT molecular complexity index is 191. The highest BCUT2D eigenvalue weighted by Crippen LogP contribution is 2.33. The molecule has 10 heavy (non-hydrogen) atoms.